The van der Waals surface area contributed by atoms with Crippen LogP contribution in [0.25, 0.3) is 10.9 Å². The average molecular weight is 260 g/mol. The highest BCUT2D eigenvalue weighted by molar-refractivity contribution is 5.97. The first kappa shape index (κ1) is 12.0. The first-order valence-corrected chi connectivity index (χ1v) is 6.58. The Hall–Kier alpha value is -2.04. The van der Waals surface area contributed by atoms with E-state index in [-0.39, 0.29) is 11.3 Å². The second kappa shape index (κ2) is 4.57. The fourth-order valence-electron chi connectivity index (χ4n) is 2.92. The molecule has 100 valence electrons. The summed E-state index contributed by atoms with van der Waals surface area (Å²) in [6, 6.07) is 2.95. The van der Waals surface area contributed by atoms with E-state index in [0.717, 1.165) is 17.5 Å². The Morgan fingerprint density at radius 3 is 2.79 bits per heavy atom. The molecule has 1 aromatic heterocycles. The minimum absolute atomic E-state index is 0.0680. The van der Waals surface area contributed by atoms with Gasteiger partial charge in [-0.25, -0.2) is 4.79 Å². The Balaban J connectivity index is 2.00. The Labute approximate surface area is 110 Å². The van der Waals surface area contributed by atoms with E-state index in [4.69, 9.17) is 5.11 Å². The van der Waals surface area contributed by atoms with Gasteiger partial charge in [0.15, 0.2) is 0 Å². The number of carbonyl (C=O) groups is 1. The molecule has 0 aliphatic heterocycles. The second-order valence-electron chi connectivity index (χ2n) is 5.25. The highest BCUT2D eigenvalue weighted by Crippen LogP contribution is 2.31. The van der Waals surface area contributed by atoms with Gasteiger partial charge in [-0.1, -0.05) is 25.7 Å². The van der Waals surface area contributed by atoms with Gasteiger partial charge in [0.05, 0.1) is 11.2 Å². The number of nitrogens with one attached hydrogen (secondary N) is 1. The summed E-state index contributed by atoms with van der Waals surface area (Å²) in [5.41, 5.74) is 1.53. The van der Waals surface area contributed by atoms with Gasteiger partial charge < -0.3 is 10.2 Å². The number of hydrogen-bond donors (Lipinski definition) is 3. The molecule has 3 N–H and O–H groups in total. The average Bonchev–Trinajstić information content (AvgIpc) is 2.99. The van der Waals surface area contributed by atoms with Gasteiger partial charge in [0.2, 0.25) is 0 Å². The van der Waals surface area contributed by atoms with Crippen molar-refractivity contribution < 1.29 is 15.0 Å². The van der Waals surface area contributed by atoms with Crippen molar-refractivity contribution in [2.75, 3.05) is 0 Å². The van der Waals surface area contributed by atoms with Gasteiger partial charge in [-0.3, -0.25) is 5.10 Å². The molecule has 0 spiro atoms. The molecule has 1 heterocycles. The highest BCUT2D eigenvalue weighted by Gasteiger charge is 2.20. The fourth-order valence-corrected chi connectivity index (χ4v) is 2.92. The number of aromatic hydroxyl groups is 1. The Bertz CT molecular complexity index is 627. The SMILES string of the molecule is O=C(O)c1cc2c(CC3CCCC3)n[nH]c2cc1O. The molecule has 0 radical (unpaired) electrons. The van der Waals surface area contributed by atoms with E-state index in [2.05, 4.69) is 10.2 Å². The molecule has 0 saturated heterocycles. The number of carboxylic acids is 1. The summed E-state index contributed by atoms with van der Waals surface area (Å²) in [5.74, 6) is -0.697. The van der Waals surface area contributed by atoms with E-state index in [1.165, 1.54) is 37.8 Å². The summed E-state index contributed by atoms with van der Waals surface area (Å²) < 4.78 is 0. The first-order chi connectivity index (χ1) is 9.15. The van der Waals surface area contributed by atoms with Crippen LogP contribution in [0.4, 0.5) is 0 Å². The zero-order valence-electron chi connectivity index (χ0n) is 10.5. The minimum Gasteiger partial charge on any atom is -0.507 e. The number of phenols is 1. The molecule has 2 aromatic rings. The predicted molar refractivity (Wildman–Crippen MR) is 70.4 cm³/mol. The maximum atomic E-state index is 11.1. The molecule has 5 heteroatoms. The van der Waals surface area contributed by atoms with Crippen LogP contribution in [0, 0.1) is 5.92 Å². The van der Waals surface area contributed by atoms with Gasteiger partial charge in [-0.2, -0.15) is 5.10 Å². The molecule has 1 saturated carbocycles. The molecule has 0 unspecified atom stereocenters. The molecule has 0 atom stereocenters. The lowest BCUT2D eigenvalue weighted by atomic mass is 9.99. The minimum atomic E-state index is -1.12. The van der Waals surface area contributed by atoms with Crippen LogP contribution in [0.2, 0.25) is 0 Å². The fraction of sp³-hybridized carbons (Fsp3) is 0.429. The number of fused-ring (bicyclic) bond motifs is 1. The summed E-state index contributed by atoms with van der Waals surface area (Å²) in [6.07, 6.45) is 5.86. The number of aromatic carboxylic acids is 1. The lowest BCUT2D eigenvalue weighted by Gasteiger charge is -2.06. The number of aromatic nitrogens is 2. The van der Waals surface area contributed by atoms with Crippen molar-refractivity contribution >= 4 is 16.9 Å². The van der Waals surface area contributed by atoms with E-state index in [1.807, 2.05) is 0 Å². The number of nitrogens with zero attached hydrogens (tertiary/aromatic N) is 1. The van der Waals surface area contributed by atoms with Crippen LogP contribution in [0.15, 0.2) is 12.1 Å². The normalized spacial score (nSPS) is 16.2. The standard InChI is InChI=1S/C14H16N2O3/c17-13-7-12-9(6-10(13)14(18)19)11(15-16-12)5-8-3-1-2-4-8/h6-8,17H,1-5H2,(H,15,16)(H,18,19). The third-order valence-electron chi connectivity index (χ3n) is 3.95. The van der Waals surface area contributed by atoms with Gasteiger partial charge in [0.25, 0.3) is 0 Å². The number of H-pyrrole nitrogens is 1. The van der Waals surface area contributed by atoms with Gasteiger partial charge in [0, 0.05) is 11.5 Å². The monoisotopic (exact) mass is 260 g/mol. The Kier molecular flexibility index (Phi) is 2.89. The summed E-state index contributed by atoms with van der Waals surface area (Å²) in [5, 5.41) is 26.6. The molecule has 19 heavy (non-hydrogen) atoms. The van der Waals surface area contributed by atoms with E-state index in [9.17, 15) is 9.90 Å². The van der Waals surface area contributed by atoms with Crippen LogP contribution >= 0.6 is 0 Å². The van der Waals surface area contributed by atoms with Crippen molar-refractivity contribution in [2.24, 2.45) is 5.92 Å². The van der Waals surface area contributed by atoms with E-state index < -0.39 is 5.97 Å². The summed E-state index contributed by atoms with van der Waals surface area (Å²) >= 11 is 0. The molecule has 0 bridgehead atoms. The van der Waals surface area contributed by atoms with E-state index in [1.54, 1.807) is 0 Å². The highest BCUT2D eigenvalue weighted by atomic mass is 16.4. The molecular weight excluding hydrogens is 244 g/mol. The summed E-state index contributed by atoms with van der Waals surface area (Å²) in [6.45, 7) is 0. The molecule has 1 fully saturated rings. The molecule has 1 aliphatic rings. The van der Waals surface area contributed by atoms with Crippen molar-refractivity contribution in [2.45, 2.75) is 32.1 Å². The van der Waals surface area contributed by atoms with Crippen molar-refractivity contribution in [3.05, 3.63) is 23.4 Å². The molecule has 3 rings (SSSR count). The quantitative estimate of drug-likeness (QED) is 0.792. The zero-order valence-corrected chi connectivity index (χ0v) is 10.5. The lowest BCUT2D eigenvalue weighted by molar-refractivity contribution is 0.0694. The van der Waals surface area contributed by atoms with E-state index in [0.29, 0.717) is 11.4 Å². The number of rotatable bonds is 3. The third-order valence-corrected chi connectivity index (χ3v) is 3.95. The summed E-state index contributed by atoms with van der Waals surface area (Å²) in [7, 11) is 0. The lowest BCUT2D eigenvalue weighted by Crippen LogP contribution is -2.00. The van der Waals surface area contributed by atoms with Crippen molar-refractivity contribution in [1.82, 2.24) is 10.2 Å². The molecule has 1 aliphatic carbocycles. The van der Waals surface area contributed by atoms with Crippen LogP contribution in [-0.2, 0) is 6.42 Å². The van der Waals surface area contributed by atoms with Crippen molar-refractivity contribution in [1.29, 1.82) is 0 Å². The number of aromatic amines is 1. The largest absolute Gasteiger partial charge is 0.507 e. The summed E-state index contributed by atoms with van der Waals surface area (Å²) in [4.78, 5) is 11.1. The van der Waals surface area contributed by atoms with Crippen LogP contribution in [0.5, 0.6) is 5.75 Å². The van der Waals surface area contributed by atoms with Gasteiger partial charge in [-0.05, 0) is 18.4 Å². The van der Waals surface area contributed by atoms with Gasteiger partial charge in [0.1, 0.15) is 11.3 Å². The van der Waals surface area contributed by atoms with Crippen molar-refractivity contribution in [3.63, 3.8) is 0 Å². The maximum absolute atomic E-state index is 11.1. The second-order valence-corrected chi connectivity index (χ2v) is 5.25. The smallest absolute Gasteiger partial charge is 0.339 e. The van der Waals surface area contributed by atoms with Gasteiger partial charge >= 0.3 is 5.97 Å². The first-order valence-electron chi connectivity index (χ1n) is 6.58. The third kappa shape index (κ3) is 2.16. The van der Waals surface area contributed by atoms with Gasteiger partial charge in [-0.15, -0.1) is 0 Å². The maximum Gasteiger partial charge on any atom is 0.339 e. The zero-order chi connectivity index (χ0) is 13.4. The molecule has 0 amide bonds. The Morgan fingerprint density at radius 2 is 2.11 bits per heavy atom. The molecular formula is C14H16N2O3. The van der Waals surface area contributed by atoms with Crippen LogP contribution in [0.1, 0.15) is 41.7 Å². The van der Waals surface area contributed by atoms with Crippen LogP contribution in [-0.4, -0.2) is 26.4 Å². The topological polar surface area (TPSA) is 86.2 Å². The van der Waals surface area contributed by atoms with E-state index >= 15 is 0 Å². The van der Waals surface area contributed by atoms with Crippen LogP contribution < -0.4 is 0 Å². The van der Waals surface area contributed by atoms with Crippen LogP contribution in [0.3, 0.4) is 0 Å². The van der Waals surface area contributed by atoms with Crippen molar-refractivity contribution in [3.8, 4) is 5.75 Å². The molecule has 5 nitrogen and oxygen atoms in total. The predicted octanol–water partition coefficient (Wildman–Crippen LogP) is 2.70. The Morgan fingerprint density at radius 1 is 1.37 bits per heavy atom. The number of hydrogen-bond acceptors (Lipinski definition) is 3. The number of benzene rings is 1. The molecule has 1 aromatic carbocycles. The number of carboxylic acid groups (broad SMARTS) is 1.